The molecule has 2 rings (SSSR count). The maximum Gasteiger partial charge on any atom is 0.251 e. The van der Waals surface area contributed by atoms with Crippen molar-refractivity contribution in [3.05, 3.63) is 65.5 Å². The monoisotopic (exact) mass is 571 g/mol. The van der Waals surface area contributed by atoms with Gasteiger partial charge in [0.1, 0.15) is 6.10 Å². The molecule has 1 amide bonds. The average Bonchev–Trinajstić information content (AvgIpc) is 2.77. The molecule has 0 aliphatic carbocycles. The molecule has 0 saturated heterocycles. The van der Waals surface area contributed by atoms with Crippen LogP contribution in [0.4, 0.5) is 4.39 Å². The molecular formula is C24H35FIN5O2. The SMILES string of the molecule is CCNC(=NCc1cccc(C(=O)NCCN(C)C)c1)NCC(C)Oc1ccccc1F.I. The summed E-state index contributed by atoms with van der Waals surface area (Å²) in [4.78, 5) is 18.9. The van der Waals surface area contributed by atoms with Crippen molar-refractivity contribution in [1.82, 2.24) is 20.9 Å². The van der Waals surface area contributed by atoms with Crippen LogP contribution < -0.4 is 20.7 Å². The van der Waals surface area contributed by atoms with Crippen LogP contribution in [0.25, 0.3) is 0 Å². The van der Waals surface area contributed by atoms with Crippen molar-refractivity contribution in [3.8, 4) is 5.75 Å². The first-order valence-corrected chi connectivity index (χ1v) is 10.8. The van der Waals surface area contributed by atoms with E-state index in [-0.39, 0.29) is 47.6 Å². The number of hydrogen-bond acceptors (Lipinski definition) is 4. The Morgan fingerprint density at radius 1 is 1.12 bits per heavy atom. The molecule has 0 bridgehead atoms. The standard InChI is InChI=1S/C24H34FN5O2.HI/c1-5-26-24(28-16-18(2)32-22-12-7-6-11-21(22)25)29-17-19-9-8-10-20(15-19)23(31)27-13-14-30(3)4;/h6-12,15,18H,5,13-14,16-17H2,1-4H3,(H,27,31)(H2,26,28,29);1H. The summed E-state index contributed by atoms with van der Waals surface area (Å²) in [6.07, 6.45) is -0.259. The van der Waals surface area contributed by atoms with Gasteiger partial charge in [-0.25, -0.2) is 9.38 Å². The third-order valence-corrected chi connectivity index (χ3v) is 4.52. The molecule has 0 heterocycles. The van der Waals surface area contributed by atoms with Crippen LogP contribution in [0.15, 0.2) is 53.5 Å². The van der Waals surface area contributed by atoms with Crippen LogP contribution in [-0.4, -0.2) is 63.1 Å². The summed E-state index contributed by atoms with van der Waals surface area (Å²) in [5.74, 6) is 0.370. The molecule has 0 saturated carbocycles. The van der Waals surface area contributed by atoms with Crippen molar-refractivity contribution >= 4 is 35.8 Å². The molecule has 0 fully saturated rings. The quantitative estimate of drug-likeness (QED) is 0.219. The molecule has 1 unspecified atom stereocenters. The number of carbonyl (C=O) groups is 1. The van der Waals surface area contributed by atoms with Gasteiger partial charge in [-0.2, -0.15) is 0 Å². The van der Waals surface area contributed by atoms with E-state index in [1.54, 1.807) is 24.3 Å². The molecule has 0 aromatic heterocycles. The molecule has 0 aliphatic rings. The second-order valence-electron chi connectivity index (χ2n) is 7.69. The van der Waals surface area contributed by atoms with E-state index >= 15 is 0 Å². The molecule has 3 N–H and O–H groups in total. The van der Waals surface area contributed by atoms with Gasteiger partial charge in [-0.3, -0.25) is 4.79 Å². The minimum absolute atomic E-state index is 0. The number of amides is 1. The van der Waals surface area contributed by atoms with Crippen molar-refractivity contribution in [2.75, 3.05) is 40.3 Å². The van der Waals surface area contributed by atoms with Gasteiger partial charge in [0, 0.05) is 25.2 Å². The van der Waals surface area contributed by atoms with Gasteiger partial charge >= 0.3 is 0 Å². The summed E-state index contributed by atoms with van der Waals surface area (Å²) in [7, 11) is 3.93. The summed E-state index contributed by atoms with van der Waals surface area (Å²) in [5.41, 5.74) is 1.54. The van der Waals surface area contributed by atoms with Crippen molar-refractivity contribution in [2.24, 2.45) is 4.99 Å². The highest BCUT2D eigenvalue weighted by Gasteiger charge is 2.09. The second-order valence-corrected chi connectivity index (χ2v) is 7.69. The minimum Gasteiger partial charge on any atom is -0.486 e. The van der Waals surface area contributed by atoms with Gasteiger partial charge in [0.15, 0.2) is 17.5 Å². The molecule has 0 spiro atoms. The zero-order chi connectivity index (χ0) is 23.3. The van der Waals surface area contributed by atoms with Crippen LogP contribution in [-0.2, 0) is 6.54 Å². The van der Waals surface area contributed by atoms with Gasteiger partial charge in [0.05, 0.1) is 13.1 Å². The van der Waals surface area contributed by atoms with E-state index in [9.17, 15) is 9.18 Å². The predicted octanol–water partition coefficient (Wildman–Crippen LogP) is 3.26. The molecule has 2 aromatic rings. The Hall–Kier alpha value is -2.40. The van der Waals surface area contributed by atoms with E-state index in [0.29, 0.717) is 37.7 Å². The molecular weight excluding hydrogens is 536 g/mol. The van der Waals surface area contributed by atoms with E-state index in [0.717, 1.165) is 12.1 Å². The molecule has 0 aliphatic heterocycles. The van der Waals surface area contributed by atoms with E-state index < -0.39 is 0 Å². The Morgan fingerprint density at radius 3 is 2.58 bits per heavy atom. The summed E-state index contributed by atoms with van der Waals surface area (Å²) in [5, 5.41) is 9.32. The number of benzene rings is 2. The summed E-state index contributed by atoms with van der Waals surface area (Å²) in [6.45, 7) is 6.78. The van der Waals surface area contributed by atoms with Crippen LogP contribution in [0.2, 0.25) is 0 Å². The van der Waals surface area contributed by atoms with Gasteiger partial charge in [0.2, 0.25) is 0 Å². The number of likely N-dealkylation sites (N-methyl/N-ethyl adjacent to an activating group) is 1. The lowest BCUT2D eigenvalue weighted by molar-refractivity contribution is 0.0951. The zero-order valence-electron chi connectivity index (χ0n) is 19.7. The molecule has 0 radical (unpaired) electrons. The highest BCUT2D eigenvalue weighted by molar-refractivity contribution is 14.0. The highest BCUT2D eigenvalue weighted by Crippen LogP contribution is 2.16. The van der Waals surface area contributed by atoms with Crippen LogP contribution >= 0.6 is 24.0 Å². The van der Waals surface area contributed by atoms with Crippen LogP contribution in [0.1, 0.15) is 29.8 Å². The lowest BCUT2D eigenvalue weighted by atomic mass is 10.1. The van der Waals surface area contributed by atoms with Crippen molar-refractivity contribution in [3.63, 3.8) is 0 Å². The lowest BCUT2D eigenvalue weighted by Gasteiger charge is -2.18. The number of hydrogen-bond donors (Lipinski definition) is 3. The molecule has 2 aromatic carbocycles. The number of aliphatic imine (C=N–C) groups is 1. The number of guanidine groups is 1. The fraction of sp³-hybridized carbons (Fsp3) is 0.417. The fourth-order valence-electron chi connectivity index (χ4n) is 2.86. The second kappa shape index (κ2) is 15.4. The number of rotatable bonds is 11. The Labute approximate surface area is 213 Å². The summed E-state index contributed by atoms with van der Waals surface area (Å²) >= 11 is 0. The third-order valence-electron chi connectivity index (χ3n) is 4.52. The van der Waals surface area contributed by atoms with Gasteiger partial charge < -0.3 is 25.6 Å². The Bertz CT molecular complexity index is 895. The summed E-state index contributed by atoms with van der Waals surface area (Å²) < 4.78 is 19.4. The normalized spacial score (nSPS) is 12.0. The predicted molar refractivity (Wildman–Crippen MR) is 142 cm³/mol. The number of carbonyl (C=O) groups excluding carboxylic acids is 1. The van der Waals surface area contributed by atoms with E-state index in [4.69, 9.17) is 4.74 Å². The molecule has 1 atom stereocenters. The topological polar surface area (TPSA) is 78.0 Å². The first kappa shape index (κ1) is 28.6. The molecule has 182 valence electrons. The molecule has 9 heteroatoms. The smallest absolute Gasteiger partial charge is 0.251 e. The van der Waals surface area contributed by atoms with Crippen molar-refractivity contribution < 1.29 is 13.9 Å². The van der Waals surface area contributed by atoms with E-state index in [1.165, 1.54) is 6.07 Å². The third kappa shape index (κ3) is 10.8. The van der Waals surface area contributed by atoms with Crippen LogP contribution in [0, 0.1) is 5.82 Å². The summed E-state index contributed by atoms with van der Waals surface area (Å²) in [6, 6.07) is 13.8. The highest BCUT2D eigenvalue weighted by atomic mass is 127. The molecule has 33 heavy (non-hydrogen) atoms. The Kier molecular flexibility index (Phi) is 13.4. The maximum absolute atomic E-state index is 13.8. The minimum atomic E-state index is -0.384. The van der Waals surface area contributed by atoms with Gasteiger partial charge in [-0.15, -0.1) is 24.0 Å². The van der Waals surface area contributed by atoms with Crippen molar-refractivity contribution in [1.29, 1.82) is 0 Å². The average molecular weight is 571 g/mol. The largest absolute Gasteiger partial charge is 0.486 e. The van der Waals surface area contributed by atoms with Gasteiger partial charge in [0.25, 0.3) is 5.91 Å². The van der Waals surface area contributed by atoms with Crippen molar-refractivity contribution in [2.45, 2.75) is 26.5 Å². The maximum atomic E-state index is 13.8. The van der Waals surface area contributed by atoms with Gasteiger partial charge in [-0.05, 0) is 57.8 Å². The van der Waals surface area contributed by atoms with E-state index in [1.807, 2.05) is 51.0 Å². The Morgan fingerprint density at radius 2 is 1.88 bits per heavy atom. The van der Waals surface area contributed by atoms with Crippen LogP contribution in [0.5, 0.6) is 5.75 Å². The van der Waals surface area contributed by atoms with E-state index in [2.05, 4.69) is 20.9 Å². The number of nitrogens with zero attached hydrogens (tertiary/aromatic N) is 2. The number of ether oxygens (including phenoxy) is 1. The number of para-hydroxylation sites is 1. The fourth-order valence-corrected chi connectivity index (χ4v) is 2.86. The Balaban J connectivity index is 0.00000544. The first-order chi connectivity index (χ1) is 15.4. The lowest BCUT2D eigenvalue weighted by Crippen LogP contribution is -2.41. The zero-order valence-corrected chi connectivity index (χ0v) is 22.1. The molecule has 7 nitrogen and oxygen atoms in total. The first-order valence-electron chi connectivity index (χ1n) is 10.8. The van der Waals surface area contributed by atoms with Gasteiger partial charge in [-0.1, -0.05) is 24.3 Å². The number of nitrogens with one attached hydrogen (secondary N) is 3. The van der Waals surface area contributed by atoms with Crippen LogP contribution in [0.3, 0.4) is 0 Å². The number of halogens is 2.